The normalized spacial score (nSPS) is 20.9. The molecule has 0 heterocycles. The molecule has 2 unspecified atom stereocenters. The minimum Gasteiger partial charge on any atom is -0.350 e. The number of nitrogens with two attached hydrogens (primary N) is 1. The fraction of sp³-hybridized carbons (Fsp3) is 0.917. The van der Waals surface area contributed by atoms with E-state index in [1.54, 1.807) is 0 Å². The van der Waals surface area contributed by atoms with Crippen LogP contribution >= 0.6 is 0 Å². The molecule has 3 N–H and O–H groups in total. The summed E-state index contributed by atoms with van der Waals surface area (Å²) in [6.45, 7) is 8.26. The Bertz CT molecular complexity index is 234. The molecular formula is C12H24N2O. The molecule has 3 heteroatoms. The number of carbonyl (C=O) groups is 1. The van der Waals surface area contributed by atoms with Gasteiger partial charge in [-0.2, -0.15) is 0 Å². The number of rotatable bonds is 5. The molecule has 0 aromatic rings. The minimum atomic E-state index is -0.368. The van der Waals surface area contributed by atoms with E-state index < -0.39 is 0 Å². The van der Waals surface area contributed by atoms with Crippen LogP contribution in [0.5, 0.6) is 0 Å². The average molecular weight is 212 g/mol. The van der Waals surface area contributed by atoms with Crippen LogP contribution in [0.3, 0.4) is 0 Å². The summed E-state index contributed by atoms with van der Waals surface area (Å²) in [5, 5.41) is 3.07. The third-order valence-corrected chi connectivity index (χ3v) is 3.60. The van der Waals surface area contributed by atoms with Gasteiger partial charge in [-0.05, 0) is 38.5 Å². The van der Waals surface area contributed by atoms with Gasteiger partial charge in [-0.25, -0.2) is 0 Å². The standard InChI is InChI=1S/C12H24N2O/c1-5-8(2)10(13)11(15)14-12(3,4)9-6-7-9/h8-10H,5-7,13H2,1-4H3,(H,14,15). The van der Waals surface area contributed by atoms with Crippen LogP contribution in [-0.4, -0.2) is 17.5 Å². The zero-order valence-corrected chi connectivity index (χ0v) is 10.3. The Labute approximate surface area is 92.8 Å². The van der Waals surface area contributed by atoms with Gasteiger partial charge in [0.2, 0.25) is 5.91 Å². The highest BCUT2D eigenvalue weighted by molar-refractivity contribution is 5.82. The maximum absolute atomic E-state index is 11.9. The van der Waals surface area contributed by atoms with Crippen molar-refractivity contribution in [3.8, 4) is 0 Å². The zero-order chi connectivity index (χ0) is 11.6. The molecule has 1 aliphatic rings. The molecule has 1 saturated carbocycles. The van der Waals surface area contributed by atoms with E-state index in [-0.39, 0.29) is 23.4 Å². The summed E-state index contributed by atoms with van der Waals surface area (Å²) in [5.74, 6) is 0.895. The molecule has 1 fully saturated rings. The van der Waals surface area contributed by atoms with Crippen molar-refractivity contribution in [2.75, 3.05) is 0 Å². The molecule has 0 aromatic heterocycles. The molecule has 15 heavy (non-hydrogen) atoms. The van der Waals surface area contributed by atoms with Gasteiger partial charge in [0, 0.05) is 5.54 Å². The first kappa shape index (κ1) is 12.5. The highest BCUT2D eigenvalue weighted by Crippen LogP contribution is 2.39. The highest BCUT2D eigenvalue weighted by atomic mass is 16.2. The van der Waals surface area contributed by atoms with Crippen molar-refractivity contribution >= 4 is 5.91 Å². The SMILES string of the molecule is CCC(C)C(N)C(=O)NC(C)(C)C1CC1. The first-order chi connectivity index (χ1) is 6.88. The van der Waals surface area contributed by atoms with Gasteiger partial charge in [0.15, 0.2) is 0 Å². The second kappa shape index (κ2) is 4.52. The second-order valence-corrected chi connectivity index (χ2v) is 5.40. The fourth-order valence-electron chi connectivity index (χ4n) is 1.82. The molecule has 0 radical (unpaired) electrons. The third kappa shape index (κ3) is 3.20. The quantitative estimate of drug-likeness (QED) is 0.728. The average Bonchev–Trinajstić information content (AvgIpc) is 2.97. The summed E-state index contributed by atoms with van der Waals surface area (Å²) < 4.78 is 0. The maximum atomic E-state index is 11.9. The minimum absolute atomic E-state index is 0.00116. The first-order valence-corrected chi connectivity index (χ1v) is 5.96. The molecule has 0 aliphatic heterocycles. The Kier molecular flexibility index (Phi) is 3.77. The third-order valence-electron chi connectivity index (χ3n) is 3.60. The van der Waals surface area contributed by atoms with E-state index in [4.69, 9.17) is 5.73 Å². The van der Waals surface area contributed by atoms with Crippen LogP contribution in [0, 0.1) is 11.8 Å². The fourth-order valence-corrected chi connectivity index (χ4v) is 1.82. The topological polar surface area (TPSA) is 55.1 Å². The van der Waals surface area contributed by atoms with Crippen LogP contribution in [0.2, 0.25) is 0 Å². The molecule has 1 rings (SSSR count). The van der Waals surface area contributed by atoms with E-state index in [1.165, 1.54) is 12.8 Å². The molecule has 1 aliphatic carbocycles. The number of amides is 1. The first-order valence-electron chi connectivity index (χ1n) is 5.96. The van der Waals surface area contributed by atoms with E-state index in [0.29, 0.717) is 5.92 Å². The van der Waals surface area contributed by atoms with E-state index in [2.05, 4.69) is 26.1 Å². The van der Waals surface area contributed by atoms with Gasteiger partial charge in [0.05, 0.1) is 6.04 Å². The van der Waals surface area contributed by atoms with Gasteiger partial charge >= 0.3 is 0 Å². The van der Waals surface area contributed by atoms with E-state index in [0.717, 1.165) is 6.42 Å². The Morgan fingerprint density at radius 1 is 1.53 bits per heavy atom. The molecule has 2 atom stereocenters. The molecule has 0 bridgehead atoms. The lowest BCUT2D eigenvalue weighted by Crippen LogP contribution is -2.53. The summed E-state index contributed by atoms with van der Waals surface area (Å²) in [7, 11) is 0. The van der Waals surface area contributed by atoms with Gasteiger partial charge in [0.25, 0.3) is 0 Å². The number of hydrogen-bond acceptors (Lipinski definition) is 2. The van der Waals surface area contributed by atoms with Crippen molar-refractivity contribution in [2.45, 2.75) is 58.5 Å². The Hall–Kier alpha value is -0.570. The lowest BCUT2D eigenvalue weighted by atomic mass is 9.95. The molecule has 1 amide bonds. The second-order valence-electron chi connectivity index (χ2n) is 5.40. The van der Waals surface area contributed by atoms with Crippen LogP contribution in [-0.2, 0) is 4.79 Å². The van der Waals surface area contributed by atoms with Gasteiger partial charge in [-0.3, -0.25) is 4.79 Å². The van der Waals surface area contributed by atoms with Gasteiger partial charge < -0.3 is 11.1 Å². The largest absolute Gasteiger partial charge is 0.350 e. The van der Waals surface area contributed by atoms with Crippen LogP contribution in [0.1, 0.15) is 47.0 Å². The molecule has 88 valence electrons. The van der Waals surface area contributed by atoms with Crippen molar-refractivity contribution in [1.29, 1.82) is 0 Å². The predicted molar refractivity (Wildman–Crippen MR) is 62.4 cm³/mol. The Balaban J connectivity index is 2.47. The molecular weight excluding hydrogens is 188 g/mol. The summed E-state index contributed by atoms with van der Waals surface area (Å²) >= 11 is 0. The van der Waals surface area contributed by atoms with E-state index in [1.807, 2.05) is 6.92 Å². The lowest BCUT2D eigenvalue weighted by molar-refractivity contribution is -0.125. The smallest absolute Gasteiger partial charge is 0.237 e. The maximum Gasteiger partial charge on any atom is 0.237 e. The van der Waals surface area contributed by atoms with E-state index in [9.17, 15) is 4.79 Å². The lowest BCUT2D eigenvalue weighted by Gasteiger charge is -2.29. The number of nitrogens with one attached hydrogen (secondary N) is 1. The summed E-state index contributed by atoms with van der Waals surface area (Å²) in [4.78, 5) is 11.9. The Morgan fingerprint density at radius 2 is 2.07 bits per heavy atom. The van der Waals surface area contributed by atoms with Crippen LogP contribution in [0.4, 0.5) is 0 Å². The van der Waals surface area contributed by atoms with Gasteiger partial charge in [-0.1, -0.05) is 20.3 Å². The van der Waals surface area contributed by atoms with Crippen molar-refractivity contribution in [2.24, 2.45) is 17.6 Å². The van der Waals surface area contributed by atoms with Crippen molar-refractivity contribution in [1.82, 2.24) is 5.32 Å². The van der Waals surface area contributed by atoms with Crippen LogP contribution in [0.25, 0.3) is 0 Å². The van der Waals surface area contributed by atoms with Gasteiger partial charge in [0.1, 0.15) is 0 Å². The molecule has 0 aromatic carbocycles. The predicted octanol–water partition coefficient (Wildman–Crippen LogP) is 1.66. The molecule has 0 spiro atoms. The number of carbonyl (C=O) groups excluding carboxylic acids is 1. The monoisotopic (exact) mass is 212 g/mol. The molecule has 3 nitrogen and oxygen atoms in total. The van der Waals surface area contributed by atoms with Gasteiger partial charge in [-0.15, -0.1) is 0 Å². The van der Waals surface area contributed by atoms with E-state index >= 15 is 0 Å². The van der Waals surface area contributed by atoms with Crippen molar-refractivity contribution in [3.63, 3.8) is 0 Å². The zero-order valence-electron chi connectivity index (χ0n) is 10.3. The van der Waals surface area contributed by atoms with Crippen LogP contribution < -0.4 is 11.1 Å². The van der Waals surface area contributed by atoms with Crippen molar-refractivity contribution < 1.29 is 4.79 Å². The summed E-state index contributed by atoms with van der Waals surface area (Å²) in [5.41, 5.74) is 5.81. The summed E-state index contributed by atoms with van der Waals surface area (Å²) in [6.07, 6.45) is 3.40. The van der Waals surface area contributed by atoms with Crippen LogP contribution in [0.15, 0.2) is 0 Å². The highest BCUT2D eigenvalue weighted by Gasteiger charge is 2.39. The summed E-state index contributed by atoms with van der Waals surface area (Å²) in [6, 6.07) is -0.368. The Morgan fingerprint density at radius 3 is 2.47 bits per heavy atom. The molecule has 0 saturated heterocycles. The van der Waals surface area contributed by atoms with Crippen molar-refractivity contribution in [3.05, 3.63) is 0 Å². The number of hydrogen-bond donors (Lipinski definition) is 2.